The predicted molar refractivity (Wildman–Crippen MR) is 37.1 cm³/mol. The molecule has 0 aromatic carbocycles. The number of rotatable bonds is 6. The van der Waals surface area contributed by atoms with Crippen molar-refractivity contribution in [3.05, 3.63) is 0 Å². The van der Waals surface area contributed by atoms with E-state index in [1.807, 2.05) is 0 Å². The third kappa shape index (κ3) is 6.95. The number of carbonyl (C=O) groups excluding carboxylic acids is 1. The fraction of sp³-hybridized carbons (Fsp3) is 0.667. The van der Waals surface area contributed by atoms with Gasteiger partial charge < -0.3 is 15.6 Å². The molecule has 0 bridgehead atoms. The Morgan fingerprint density at radius 1 is 1.45 bits per heavy atom. The van der Waals surface area contributed by atoms with E-state index >= 15 is 0 Å². The number of hydrogen-bond acceptors (Lipinski definition) is 4. The first kappa shape index (κ1) is 10.1. The van der Waals surface area contributed by atoms with E-state index in [1.54, 1.807) is 0 Å². The van der Waals surface area contributed by atoms with Crippen molar-refractivity contribution in [2.75, 3.05) is 19.8 Å². The van der Waals surface area contributed by atoms with Crippen molar-refractivity contribution in [1.29, 1.82) is 0 Å². The molecule has 0 heterocycles. The molecule has 0 radical (unpaired) electrons. The van der Waals surface area contributed by atoms with E-state index in [0.717, 1.165) is 0 Å². The molecule has 11 heavy (non-hydrogen) atoms. The maximum Gasteiger partial charge on any atom is 0.310 e. The highest BCUT2D eigenvalue weighted by atomic mass is 16.5. The summed E-state index contributed by atoms with van der Waals surface area (Å²) < 4.78 is 4.71. The summed E-state index contributed by atoms with van der Waals surface area (Å²) in [6, 6.07) is 0. The number of carboxylic acid groups (broad SMARTS) is 1. The minimum absolute atomic E-state index is 0.163. The normalized spacial score (nSPS) is 9.55. The largest absolute Gasteiger partial charge is 0.481 e. The number of hydrogen-bond donors (Lipinski definition) is 2. The summed E-state index contributed by atoms with van der Waals surface area (Å²) in [5.74, 6) is -1.57. The lowest BCUT2D eigenvalue weighted by molar-refractivity contribution is -0.141. The van der Waals surface area contributed by atoms with Gasteiger partial charge in [0.15, 0.2) is 5.78 Å². The number of nitrogens with two attached hydrogens (primary N) is 1. The zero-order valence-corrected chi connectivity index (χ0v) is 6.08. The Bertz CT molecular complexity index is 146. The fourth-order valence-electron chi connectivity index (χ4n) is 0.489. The van der Waals surface area contributed by atoms with Crippen LogP contribution in [-0.2, 0) is 14.3 Å². The van der Waals surface area contributed by atoms with Gasteiger partial charge in [0.25, 0.3) is 0 Å². The minimum atomic E-state index is -1.13. The Morgan fingerprint density at radius 3 is 2.55 bits per heavy atom. The topological polar surface area (TPSA) is 89.6 Å². The number of carbonyl (C=O) groups is 2. The number of Topliss-reactive ketones (excluding diaryl/α,β-unsaturated/α-hetero) is 1. The van der Waals surface area contributed by atoms with E-state index in [9.17, 15) is 9.59 Å². The van der Waals surface area contributed by atoms with Crippen molar-refractivity contribution in [1.82, 2.24) is 0 Å². The summed E-state index contributed by atoms with van der Waals surface area (Å²) in [7, 11) is 0. The molecule has 0 atom stereocenters. The lowest BCUT2D eigenvalue weighted by Crippen LogP contribution is -2.16. The van der Waals surface area contributed by atoms with Gasteiger partial charge in [0.1, 0.15) is 13.0 Å². The number of ketones is 1. The Hall–Kier alpha value is -0.940. The Labute approximate surface area is 64.1 Å². The van der Waals surface area contributed by atoms with Gasteiger partial charge in [-0.1, -0.05) is 0 Å². The molecule has 0 aliphatic carbocycles. The SMILES string of the molecule is NCCOCC(=O)CC(=O)O. The van der Waals surface area contributed by atoms with E-state index in [4.69, 9.17) is 15.6 Å². The molecule has 0 aromatic rings. The average molecular weight is 161 g/mol. The lowest BCUT2D eigenvalue weighted by atomic mass is 10.3. The van der Waals surface area contributed by atoms with Crippen molar-refractivity contribution in [3.63, 3.8) is 0 Å². The molecule has 0 aliphatic heterocycles. The summed E-state index contributed by atoms with van der Waals surface area (Å²) in [6.07, 6.45) is -0.482. The Balaban J connectivity index is 3.30. The molecule has 5 heteroatoms. The molecular formula is C6H11NO4. The van der Waals surface area contributed by atoms with Gasteiger partial charge >= 0.3 is 5.97 Å². The zero-order valence-electron chi connectivity index (χ0n) is 6.08. The van der Waals surface area contributed by atoms with E-state index in [1.165, 1.54) is 0 Å². The molecule has 0 spiro atoms. The van der Waals surface area contributed by atoms with Gasteiger partial charge in [0.2, 0.25) is 0 Å². The second-order valence-electron chi connectivity index (χ2n) is 1.95. The van der Waals surface area contributed by atoms with E-state index < -0.39 is 18.2 Å². The summed E-state index contributed by atoms with van der Waals surface area (Å²) in [5, 5.41) is 8.14. The van der Waals surface area contributed by atoms with Crippen molar-refractivity contribution < 1.29 is 19.4 Å². The summed E-state index contributed by atoms with van der Waals surface area (Å²) in [6.45, 7) is 0.454. The molecular weight excluding hydrogens is 150 g/mol. The molecule has 64 valence electrons. The molecule has 5 nitrogen and oxygen atoms in total. The molecule has 0 amide bonds. The van der Waals surface area contributed by atoms with Gasteiger partial charge in [-0.05, 0) is 0 Å². The molecule has 0 rings (SSSR count). The smallest absolute Gasteiger partial charge is 0.310 e. The first-order valence-corrected chi connectivity index (χ1v) is 3.18. The molecule has 0 saturated heterocycles. The average Bonchev–Trinajstić information content (AvgIpc) is 1.86. The highest BCUT2D eigenvalue weighted by Crippen LogP contribution is 1.84. The standard InChI is InChI=1S/C6H11NO4/c7-1-2-11-4-5(8)3-6(9)10/h1-4,7H2,(H,9,10). The fourth-order valence-corrected chi connectivity index (χ4v) is 0.489. The van der Waals surface area contributed by atoms with Gasteiger partial charge in [-0.3, -0.25) is 9.59 Å². The molecule has 0 aromatic heterocycles. The van der Waals surface area contributed by atoms with Crippen LogP contribution >= 0.6 is 0 Å². The van der Waals surface area contributed by atoms with Crippen molar-refractivity contribution in [3.8, 4) is 0 Å². The predicted octanol–water partition coefficient (Wildman–Crippen LogP) is -0.994. The van der Waals surface area contributed by atoms with Crippen LogP contribution in [0.3, 0.4) is 0 Å². The van der Waals surface area contributed by atoms with Gasteiger partial charge in [-0.2, -0.15) is 0 Å². The Kier molecular flexibility index (Phi) is 5.32. The van der Waals surface area contributed by atoms with Crippen LogP contribution in [0.25, 0.3) is 0 Å². The van der Waals surface area contributed by atoms with Crippen molar-refractivity contribution in [2.24, 2.45) is 5.73 Å². The third-order valence-corrected chi connectivity index (χ3v) is 0.874. The lowest BCUT2D eigenvalue weighted by Gasteiger charge is -1.98. The van der Waals surface area contributed by atoms with E-state index in [0.29, 0.717) is 6.54 Å². The van der Waals surface area contributed by atoms with E-state index in [2.05, 4.69) is 0 Å². The first-order chi connectivity index (χ1) is 5.16. The van der Waals surface area contributed by atoms with Crippen molar-refractivity contribution in [2.45, 2.75) is 6.42 Å². The van der Waals surface area contributed by atoms with Crippen LogP contribution in [0.15, 0.2) is 0 Å². The molecule has 3 N–H and O–H groups in total. The van der Waals surface area contributed by atoms with Crippen LogP contribution in [0.4, 0.5) is 0 Å². The van der Waals surface area contributed by atoms with Crippen molar-refractivity contribution >= 4 is 11.8 Å². The first-order valence-electron chi connectivity index (χ1n) is 3.18. The van der Waals surface area contributed by atoms with Crippen LogP contribution in [-0.4, -0.2) is 36.6 Å². The van der Waals surface area contributed by atoms with Gasteiger partial charge in [-0.25, -0.2) is 0 Å². The summed E-state index contributed by atoms with van der Waals surface area (Å²) in [4.78, 5) is 20.5. The molecule has 0 aliphatic rings. The number of carboxylic acids is 1. The van der Waals surface area contributed by atoms with Gasteiger partial charge in [0, 0.05) is 6.54 Å². The molecule has 0 saturated carbocycles. The highest BCUT2D eigenvalue weighted by molar-refractivity contribution is 5.95. The van der Waals surface area contributed by atoms with E-state index in [-0.39, 0.29) is 13.2 Å². The van der Waals surface area contributed by atoms with Crippen LogP contribution in [0.1, 0.15) is 6.42 Å². The second-order valence-corrected chi connectivity index (χ2v) is 1.95. The van der Waals surface area contributed by atoms with Crippen LogP contribution in [0.2, 0.25) is 0 Å². The maximum atomic E-state index is 10.6. The molecule has 0 unspecified atom stereocenters. The van der Waals surface area contributed by atoms with Crippen LogP contribution in [0, 0.1) is 0 Å². The third-order valence-electron chi connectivity index (χ3n) is 0.874. The zero-order chi connectivity index (χ0) is 8.69. The van der Waals surface area contributed by atoms with Crippen LogP contribution < -0.4 is 5.73 Å². The second kappa shape index (κ2) is 5.82. The number of aliphatic carboxylic acids is 1. The summed E-state index contributed by atoms with van der Waals surface area (Å²) >= 11 is 0. The van der Waals surface area contributed by atoms with Crippen LogP contribution in [0.5, 0.6) is 0 Å². The maximum absolute atomic E-state index is 10.6. The Morgan fingerprint density at radius 2 is 2.09 bits per heavy atom. The minimum Gasteiger partial charge on any atom is -0.481 e. The monoisotopic (exact) mass is 161 g/mol. The number of ether oxygens (including phenoxy) is 1. The highest BCUT2D eigenvalue weighted by Gasteiger charge is 2.06. The molecule has 0 fully saturated rings. The summed E-state index contributed by atoms with van der Waals surface area (Å²) in [5.41, 5.74) is 5.06. The van der Waals surface area contributed by atoms with Gasteiger partial charge in [-0.15, -0.1) is 0 Å². The quantitative estimate of drug-likeness (QED) is 0.385. The van der Waals surface area contributed by atoms with Gasteiger partial charge in [0.05, 0.1) is 6.61 Å².